The van der Waals surface area contributed by atoms with Gasteiger partial charge in [-0.05, 0) is 55.9 Å². The minimum atomic E-state index is -0.386. The van der Waals surface area contributed by atoms with E-state index in [0.717, 1.165) is 41.5 Å². The van der Waals surface area contributed by atoms with Crippen molar-refractivity contribution >= 4 is 40.0 Å². The molecule has 1 unspecified atom stereocenters. The Balaban J connectivity index is 1.25. The van der Waals surface area contributed by atoms with E-state index >= 15 is 0 Å². The van der Waals surface area contributed by atoms with Crippen LogP contribution in [0.25, 0.3) is 11.5 Å². The number of fused-ring (bicyclic) bond motifs is 2. The second-order valence-corrected chi connectivity index (χ2v) is 10.4. The van der Waals surface area contributed by atoms with Crippen LogP contribution in [0.5, 0.6) is 11.5 Å². The zero-order valence-corrected chi connectivity index (χ0v) is 21.1. The molecule has 1 aliphatic heterocycles. The van der Waals surface area contributed by atoms with E-state index in [1.165, 1.54) is 11.3 Å². The second kappa shape index (κ2) is 10.3. The van der Waals surface area contributed by atoms with Crippen molar-refractivity contribution in [2.45, 2.75) is 38.3 Å². The van der Waals surface area contributed by atoms with Crippen molar-refractivity contribution in [3.8, 4) is 23.0 Å². The van der Waals surface area contributed by atoms with Gasteiger partial charge in [0.15, 0.2) is 11.5 Å². The molecule has 0 spiro atoms. The van der Waals surface area contributed by atoms with Gasteiger partial charge in [-0.3, -0.25) is 4.79 Å². The number of esters is 1. The maximum atomic E-state index is 12.7. The maximum Gasteiger partial charge on any atom is 0.341 e. The number of rotatable bonds is 7. The van der Waals surface area contributed by atoms with E-state index in [2.05, 4.69) is 22.4 Å². The summed E-state index contributed by atoms with van der Waals surface area (Å²) >= 11 is 2.60. The molecule has 0 bridgehead atoms. The Hall–Kier alpha value is -3.05. The Morgan fingerprint density at radius 1 is 1.23 bits per heavy atom. The number of amides is 1. The van der Waals surface area contributed by atoms with Crippen molar-refractivity contribution in [3.05, 3.63) is 34.2 Å². The summed E-state index contributed by atoms with van der Waals surface area (Å²) in [6, 6.07) is 5.41. The molecule has 5 rings (SSSR count). The van der Waals surface area contributed by atoms with Gasteiger partial charge in [0, 0.05) is 10.4 Å². The highest BCUT2D eigenvalue weighted by molar-refractivity contribution is 7.99. The Morgan fingerprint density at radius 2 is 2.06 bits per heavy atom. The monoisotopic (exact) mass is 515 g/mol. The van der Waals surface area contributed by atoms with E-state index in [1.807, 2.05) is 6.07 Å². The number of ether oxygens (including phenoxy) is 3. The third kappa shape index (κ3) is 5.15. The van der Waals surface area contributed by atoms with E-state index in [-0.39, 0.29) is 29.5 Å². The smallest absolute Gasteiger partial charge is 0.341 e. The first-order valence-corrected chi connectivity index (χ1v) is 13.3. The van der Waals surface area contributed by atoms with E-state index in [9.17, 15) is 9.59 Å². The lowest BCUT2D eigenvalue weighted by Gasteiger charge is -2.18. The summed E-state index contributed by atoms with van der Waals surface area (Å²) in [5.41, 5.74) is 2.21. The van der Waals surface area contributed by atoms with Gasteiger partial charge in [-0.1, -0.05) is 18.7 Å². The average molecular weight is 516 g/mol. The molecule has 0 saturated heterocycles. The van der Waals surface area contributed by atoms with Crippen LogP contribution in [-0.2, 0) is 22.4 Å². The molecule has 1 aromatic carbocycles. The molecule has 1 atom stereocenters. The summed E-state index contributed by atoms with van der Waals surface area (Å²) < 4.78 is 22.1. The number of carbonyl (C=O) groups excluding carboxylic acids is 2. The molecular formula is C24H25N3O6S2. The van der Waals surface area contributed by atoms with Gasteiger partial charge < -0.3 is 23.9 Å². The standard InChI is InChI=1S/C24H25N3O6S2/c1-3-30-23(29)20-15-6-4-13(2)10-18(15)35-22(20)25-19(28)12-34-24-27-26-21(33-24)14-5-7-16-17(11-14)32-9-8-31-16/h5,7,11,13H,3-4,6,8-10,12H2,1-2H3,(H,25,28). The average Bonchev–Trinajstić information content (AvgIpc) is 3.47. The number of anilines is 1. The quantitative estimate of drug-likeness (QED) is 0.356. The lowest BCUT2D eigenvalue weighted by atomic mass is 9.88. The Morgan fingerprint density at radius 3 is 2.89 bits per heavy atom. The number of nitrogens with one attached hydrogen (secondary N) is 1. The topological polar surface area (TPSA) is 113 Å². The fraction of sp³-hybridized carbons (Fsp3) is 0.417. The summed E-state index contributed by atoms with van der Waals surface area (Å²) in [5.74, 6) is 1.61. The van der Waals surface area contributed by atoms with Crippen molar-refractivity contribution in [2.75, 3.05) is 30.9 Å². The second-order valence-electron chi connectivity index (χ2n) is 8.34. The van der Waals surface area contributed by atoms with Gasteiger partial charge in [0.2, 0.25) is 11.8 Å². The van der Waals surface area contributed by atoms with Crippen molar-refractivity contribution in [1.82, 2.24) is 10.2 Å². The predicted octanol–water partition coefficient (Wildman–Crippen LogP) is 4.60. The Kier molecular flexibility index (Phi) is 6.96. The van der Waals surface area contributed by atoms with Crippen LogP contribution >= 0.6 is 23.1 Å². The van der Waals surface area contributed by atoms with Gasteiger partial charge in [0.05, 0.1) is 17.9 Å². The third-order valence-electron chi connectivity index (χ3n) is 5.77. The summed E-state index contributed by atoms with van der Waals surface area (Å²) in [5, 5.41) is 11.8. The highest BCUT2D eigenvalue weighted by Crippen LogP contribution is 2.40. The van der Waals surface area contributed by atoms with Crippen molar-refractivity contribution in [1.29, 1.82) is 0 Å². The number of carbonyl (C=O) groups is 2. The Bertz CT molecular complexity index is 1250. The summed E-state index contributed by atoms with van der Waals surface area (Å²) in [4.78, 5) is 26.5. The van der Waals surface area contributed by atoms with Crippen LogP contribution in [0.3, 0.4) is 0 Å². The fourth-order valence-corrected chi connectivity index (χ4v) is 6.09. The molecule has 1 aliphatic carbocycles. The highest BCUT2D eigenvalue weighted by atomic mass is 32.2. The number of hydrogen-bond donors (Lipinski definition) is 1. The first-order valence-electron chi connectivity index (χ1n) is 11.5. The molecule has 1 amide bonds. The van der Waals surface area contributed by atoms with Crippen molar-refractivity contribution in [2.24, 2.45) is 5.92 Å². The molecule has 2 aliphatic rings. The molecule has 184 valence electrons. The van der Waals surface area contributed by atoms with Gasteiger partial charge in [-0.2, -0.15) is 0 Å². The number of benzene rings is 1. The van der Waals surface area contributed by atoms with Crippen molar-refractivity contribution < 1.29 is 28.2 Å². The van der Waals surface area contributed by atoms with E-state index < -0.39 is 0 Å². The van der Waals surface area contributed by atoms with E-state index in [4.69, 9.17) is 18.6 Å². The molecule has 0 fully saturated rings. The lowest BCUT2D eigenvalue weighted by Crippen LogP contribution is -2.17. The van der Waals surface area contributed by atoms with Gasteiger partial charge in [0.1, 0.15) is 18.2 Å². The zero-order chi connectivity index (χ0) is 24.4. The van der Waals surface area contributed by atoms with Crippen LogP contribution in [0.15, 0.2) is 27.8 Å². The maximum absolute atomic E-state index is 12.7. The highest BCUT2D eigenvalue weighted by Gasteiger charge is 2.29. The first-order chi connectivity index (χ1) is 17.0. The zero-order valence-electron chi connectivity index (χ0n) is 19.4. The largest absolute Gasteiger partial charge is 0.486 e. The van der Waals surface area contributed by atoms with Crippen LogP contribution in [0, 0.1) is 5.92 Å². The number of thiophene rings is 1. The number of thioether (sulfide) groups is 1. The third-order valence-corrected chi connectivity index (χ3v) is 7.75. The fourth-order valence-electron chi connectivity index (χ4n) is 4.11. The van der Waals surface area contributed by atoms with E-state index in [1.54, 1.807) is 19.1 Å². The lowest BCUT2D eigenvalue weighted by molar-refractivity contribution is -0.113. The molecule has 9 nitrogen and oxygen atoms in total. The van der Waals surface area contributed by atoms with Crippen LogP contribution < -0.4 is 14.8 Å². The first kappa shape index (κ1) is 23.7. The van der Waals surface area contributed by atoms with Gasteiger partial charge >= 0.3 is 5.97 Å². The number of aromatic nitrogens is 2. The van der Waals surface area contributed by atoms with Crippen LogP contribution in [0.1, 0.15) is 41.1 Å². The molecule has 2 aromatic heterocycles. The molecule has 0 radical (unpaired) electrons. The van der Waals surface area contributed by atoms with Gasteiger partial charge in [0.25, 0.3) is 5.22 Å². The molecule has 1 N–H and O–H groups in total. The number of nitrogens with zero attached hydrogens (tertiary/aromatic N) is 2. The number of hydrogen-bond acceptors (Lipinski definition) is 10. The van der Waals surface area contributed by atoms with Crippen LogP contribution in [0.4, 0.5) is 5.00 Å². The van der Waals surface area contributed by atoms with E-state index in [0.29, 0.717) is 52.6 Å². The van der Waals surface area contributed by atoms with Gasteiger partial charge in [-0.15, -0.1) is 21.5 Å². The molecule has 3 aromatic rings. The van der Waals surface area contributed by atoms with Crippen molar-refractivity contribution in [3.63, 3.8) is 0 Å². The van der Waals surface area contributed by atoms with Crippen LogP contribution in [-0.4, -0.2) is 47.6 Å². The molecule has 3 heterocycles. The normalized spacial score (nSPS) is 16.5. The molecule has 11 heteroatoms. The Labute approximate surface area is 210 Å². The minimum absolute atomic E-state index is 0.0595. The molecular weight excluding hydrogens is 490 g/mol. The van der Waals surface area contributed by atoms with Crippen LogP contribution in [0.2, 0.25) is 0 Å². The van der Waals surface area contributed by atoms with Gasteiger partial charge in [-0.25, -0.2) is 4.79 Å². The summed E-state index contributed by atoms with van der Waals surface area (Å²) in [6.45, 7) is 5.26. The summed E-state index contributed by atoms with van der Waals surface area (Å²) in [7, 11) is 0. The predicted molar refractivity (Wildman–Crippen MR) is 132 cm³/mol. The molecule has 0 saturated carbocycles. The SMILES string of the molecule is CCOC(=O)c1c(NC(=O)CSc2nnc(-c3ccc4c(c3)OCCO4)o2)sc2c1CCC(C)C2. The molecule has 35 heavy (non-hydrogen) atoms. The minimum Gasteiger partial charge on any atom is -0.486 e. The summed E-state index contributed by atoms with van der Waals surface area (Å²) in [6.07, 6.45) is 2.74.